The first-order valence-corrected chi connectivity index (χ1v) is 12.0. The van der Waals surface area contributed by atoms with Gasteiger partial charge in [0.2, 0.25) is 0 Å². The number of fused-ring (bicyclic) bond motifs is 5. The minimum absolute atomic E-state index is 0.193. The summed E-state index contributed by atoms with van der Waals surface area (Å²) in [5.41, 5.74) is 2.36. The van der Waals surface area contributed by atoms with E-state index in [1.807, 2.05) is 6.07 Å². The molecule has 4 rings (SSSR count). The van der Waals surface area contributed by atoms with Crippen LogP contribution in [0.1, 0.15) is 68.9 Å². The molecule has 3 aliphatic carbocycles. The molecular weight excluding hydrogens is 454 g/mol. The Labute approximate surface area is 175 Å². The summed E-state index contributed by atoms with van der Waals surface area (Å²) in [6, 6.07) is 5.77. The van der Waals surface area contributed by atoms with Crippen molar-refractivity contribution in [3.8, 4) is 5.75 Å². The van der Waals surface area contributed by atoms with Crippen molar-refractivity contribution in [2.45, 2.75) is 70.4 Å². The fourth-order valence-electron chi connectivity index (χ4n) is 6.52. The number of hydrogen-bond donors (Lipinski definition) is 1. The second-order valence-electron chi connectivity index (χ2n) is 9.22. The highest BCUT2D eigenvalue weighted by Crippen LogP contribution is 2.61. The molecule has 1 aromatic carbocycles. The number of ketones is 1. The van der Waals surface area contributed by atoms with Crippen LogP contribution in [0, 0.1) is 23.2 Å². The van der Waals surface area contributed by atoms with Crippen LogP contribution in [0.4, 0.5) is 4.39 Å². The zero-order valence-electron chi connectivity index (χ0n) is 16.1. The highest BCUT2D eigenvalue weighted by atomic mass is 127. The Morgan fingerprint density at radius 2 is 2.19 bits per heavy atom. The molecule has 0 aromatic heterocycles. The van der Waals surface area contributed by atoms with Crippen molar-refractivity contribution in [3.05, 3.63) is 29.3 Å². The smallest absolute Gasteiger partial charge is 0.139 e. The Morgan fingerprint density at radius 3 is 2.96 bits per heavy atom. The van der Waals surface area contributed by atoms with E-state index in [2.05, 4.69) is 35.6 Å². The van der Waals surface area contributed by atoms with E-state index in [9.17, 15) is 14.3 Å². The van der Waals surface area contributed by atoms with E-state index < -0.39 is 6.17 Å². The van der Waals surface area contributed by atoms with Gasteiger partial charge in [-0.3, -0.25) is 4.79 Å². The van der Waals surface area contributed by atoms with E-state index in [4.69, 9.17) is 0 Å². The summed E-state index contributed by atoms with van der Waals surface area (Å²) in [4.78, 5) is 12.7. The van der Waals surface area contributed by atoms with Gasteiger partial charge in [-0.25, -0.2) is 4.39 Å². The SMILES string of the molecule is C[C@]12CC[C@@H]3c4ccc(O)cc4C[C@@H](CC(F)CCCI)[C@H]3[C@@H]1CCC2=O. The van der Waals surface area contributed by atoms with Crippen LogP contribution in [-0.2, 0) is 11.2 Å². The molecule has 3 aliphatic rings. The zero-order chi connectivity index (χ0) is 19.2. The lowest BCUT2D eigenvalue weighted by atomic mass is 9.52. The number of benzene rings is 1. The molecule has 0 saturated heterocycles. The predicted octanol–water partition coefficient (Wildman–Crippen LogP) is 5.99. The molecule has 2 nitrogen and oxygen atoms in total. The van der Waals surface area contributed by atoms with Crippen molar-refractivity contribution in [1.82, 2.24) is 0 Å². The van der Waals surface area contributed by atoms with Crippen LogP contribution in [0.5, 0.6) is 5.75 Å². The summed E-state index contributed by atoms with van der Waals surface area (Å²) in [6.45, 7) is 2.18. The van der Waals surface area contributed by atoms with Gasteiger partial charge in [0.15, 0.2) is 0 Å². The van der Waals surface area contributed by atoms with Crippen LogP contribution in [0.25, 0.3) is 0 Å². The van der Waals surface area contributed by atoms with Gasteiger partial charge in [0.25, 0.3) is 0 Å². The molecule has 6 atom stereocenters. The van der Waals surface area contributed by atoms with Gasteiger partial charge in [0.1, 0.15) is 17.7 Å². The van der Waals surface area contributed by atoms with Crippen LogP contribution in [0.3, 0.4) is 0 Å². The second kappa shape index (κ2) is 7.64. The number of carbonyl (C=O) groups is 1. The largest absolute Gasteiger partial charge is 0.508 e. The van der Waals surface area contributed by atoms with Gasteiger partial charge >= 0.3 is 0 Å². The first kappa shape index (κ1) is 19.7. The normalized spacial score (nSPS) is 36.0. The highest BCUT2D eigenvalue weighted by Gasteiger charge is 2.56. The quantitative estimate of drug-likeness (QED) is 0.412. The van der Waals surface area contributed by atoms with Gasteiger partial charge < -0.3 is 5.11 Å². The number of phenols is 1. The number of aromatic hydroxyl groups is 1. The number of phenolic OH excluding ortho intramolecular Hbond substituents is 1. The summed E-state index contributed by atoms with van der Waals surface area (Å²) < 4.78 is 15.8. The van der Waals surface area contributed by atoms with Crippen molar-refractivity contribution >= 4 is 28.4 Å². The first-order chi connectivity index (χ1) is 12.9. The summed E-state index contributed by atoms with van der Waals surface area (Å²) >= 11 is 2.32. The molecule has 0 bridgehead atoms. The Bertz CT molecular complexity index is 720. The lowest BCUT2D eigenvalue weighted by Gasteiger charge is -2.52. The van der Waals surface area contributed by atoms with E-state index in [0.717, 1.165) is 36.5 Å². The molecular formula is C23H30FIO2. The zero-order valence-corrected chi connectivity index (χ0v) is 18.3. The molecule has 148 valence electrons. The number of Topliss-reactive ketones (excluding diaryl/α,β-unsaturated/α-hetero) is 1. The fraction of sp³-hybridized carbons (Fsp3) is 0.696. The molecule has 0 amide bonds. The van der Waals surface area contributed by atoms with Gasteiger partial charge in [0.05, 0.1) is 0 Å². The molecule has 0 heterocycles. The summed E-state index contributed by atoms with van der Waals surface area (Å²) in [6.07, 6.45) is 5.92. The van der Waals surface area contributed by atoms with Crippen LogP contribution in [-0.4, -0.2) is 21.5 Å². The predicted molar refractivity (Wildman–Crippen MR) is 114 cm³/mol. The van der Waals surface area contributed by atoms with E-state index in [-0.39, 0.29) is 11.3 Å². The van der Waals surface area contributed by atoms with Gasteiger partial charge in [-0.05, 0) is 96.3 Å². The molecule has 1 unspecified atom stereocenters. The monoisotopic (exact) mass is 484 g/mol. The third-order valence-corrected chi connectivity index (χ3v) is 8.57. The molecule has 0 aliphatic heterocycles. The molecule has 1 aromatic rings. The number of carbonyl (C=O) groups excluding carboxylic acids is 1. The maximum atomic E-state index is 14.8. The molecule has 0 spiro atoms. The van der Waals surface area contributed by atoms with Crippen molar-refractivity contribution < 1.29 is 14.3 Å². The number of hydrogen-bond acceptors (Lipinski definition) is 2. The van der Waals surface area contributed by atoms with Crippen LogP contribution in [0.2, 0.25) is 0 Å². The minimum Gasteiger partial charge on any atom is -0.508 e. The number of alkyl halides is 2. The Morgan fingerprint density at radius 1 is 1.37 bits per heavy atom. The van der Waals surface area contributed by atoms with E-state index in [0.29, 0.717) is 48.5 Å². The number of halogens is 2. The topological polar surface area (TPSA) is 37.3 Å². The fourth-order valence-corrected chi connectivity index (χ4v) is 6.96. The standard InChI is InChI=1S/C23H30FIO2/c1-23-9-8-19-18-5-4-17(26)13-14(18)11-15(12-16(24)3-2-10-25)22(19)20(23)6-7-21(23)27/h4-5,13,15-16,19-20,22,26H,2-3,6-12H2,1H3/t15-,16?,19+,20-,22+,23-/m0/s1. The van der Waals surface area contributed by atoms with Gasteiger partial charge in [-0.15, -0.1) is 0 Å². The Kier molecular flexibility index (Phi) is 5.56. The number of rotatable bonds is 5. The third-order valence-electron chi connectivity index (χ3n) is 7.80. The molecule has 4 heteroatoms. The summed E-state index contributed by atoms with van der Waals surface area (Å²) in [5.74, 6) is 2.24. The summed E-state index contributed by atoms with van der Waals surface area (Å²) in [5, 5.41) is 9.97. The van der Waals surface area contributed by atoms with E-state index in [1.165, 1.54) is 11.1 Å². The third kappa shape index (κ3) is 3.44. The molecule has 0 radical (unpaired) electrons. The van der Waals surface area contributed by atoms with E-state index in [1.54, 1.807) is 6.07 Å². The average Bonchev–Trinajstić information content (AvgIpc) is 2.94. The van der Waals surface area contributed by atoms with Crippen molar-refractivity contribution in [3.63, 3.8) is 0 Å². The lowest BCUT2D eigenvalue weighted by molar-refractivity contribution is -0.130. The molecule has 2 saturated carbocycles. The summed E-state index contributed by atoms with van der Waals surface area (Å²) in [7, 11) is 0. The van der Waals surface area contributed by atoms with E-state index >= 15 is 0 Å². The molecule has 27 heavy (non-hydrogen) atoms. The van der Waals surface area contributed by atoms with Gasteiger partial charge in [0, 0.05) is 11.8 Å². The van der Waals surface area contributed by atoms with Crippen LogP contribution >= 0.6 is 22.6 Å². The van der Waals surface area contributed by atoms with Crippen LogP contribution < -0.4 is 0 Å². The highest BCUT2D eigenvalue weighted by molar-refractivity contribution is 14.1. The van der Waals surface area contributed by atoms with Crippen molar-refractivity contribution in [2.75, 3.05) is 4.43 Å². The van der Waals surface area contributed by atoms with Crippen LogP contribution in [0.15, 0.2) is 18.2 Å². The van der Waals surface area contributed by atoms with Gasteiger partial charge in [-0.2, -0.15) is 0 Å². The lowest BCUT2D eigenvalue weighted by Crippen LogP contribution is -2.46. The molecule has 1 N–H and O–H groups in total. The van der Waals surface area contributed by atoms with Crippen molar-refractivity contribution in [1.29, 1.82) is 0 Å². The Hall–Kier alpha value is -0.650. The first-order valence-electron chi connectivity index (χ1n) is 10.5. The second-order valence-corrected chi connectivity index (χ2v) is 10.3. The van der Waals surface area contributed by atoms with Crippen molar-refractivity contribution in [2.24, 2.45) is 23.2 Å². The molecule has 2 fully saturated rings. The van der Waals surface area contributed by atoms with Gasteiger partial charge in [-0.1, -0.05) is 35.6 Å². The maximum Gasteiger partial charge on any atom is 0.139 e. The Balaban J connectivity index is 1.67. The maximum absolute atomic E-state index is 14.8. The average molecular weight is 484 g/mol. The minimum atomic E-state index is -0.755.